The van der Waals surface area contributed by atoms with Crippen LogP contribution < -0.4 is 0 Å². The topological polar surface area (TPSA) is 59.5 Å². The van der Waals surface area contributed by atoms with Gasteiger partial charge in [-0.15, -0.1) is 0 Å². The number of rotatable bonds is 4. The standard InChI is InChI=1S/C30H32N2O3/c1-30(2,3)22-13-10-20(11-14-22)18-21-12-15-24-27(23-8-4-5-9-25(23)31-28(21)24)29(34)35-19-26(33)32-16-6-7-17-32/h4-5,8-11,13-14,18H,6-7,12,15-17,19H2,1-3H3. The lowest BCUT2D eigenvalue weighted by atomic mass is 9.86. The molecule has 1 saturated heterocycles. The van der Waals surface area contributed by atoms with Crippen LogP contribution in [0.2, 0.25) is 0 Å². The Labute approximate surface area is 206 Å². The first-order valence-electron chi connectivity index (χ1n) is 12.5. The van der Waals surface area contributed by atoms with E-state index < -0.39 is 5.97 Å². The third-order valence-electron chi connectivity index (χ3n) is 7.05. The van der Waals surface area contributed by atoms with Gasteiger partial charge in [-0.25, -0.2) is 9.78 Å². The number of benzene rings is 2. The van der Waals surface area contributed by atoms with E-state index in [4.69, 9.17) is 9.72 Å². The van der Waals surface area contributed by atoms with Gasteiger partial charge in [-0.05, 0) is 65.5 Å². The number of carbonyl (C=O) groups excluding carboxylic acids is 2. The second-order valence-electron chi connectivity index (χ2n) is 10.5. The summed E-state index contributed by atoms with van der Waals surface area (Å²) in [6, 6.07) is 16.3. The van der Waals surface area contributed by atoms with Crippen molar-refractivity contribution in [2.45, 2.75) is 51.9 Å². The maximum absolute atomic E-state index is 13.3. The first-order valence-corrected chi connectivity index (χ1v) is 12.5. The van der Waals surface area contributed by atoms with Crippen LogP contribution in [0.25, 0.3) is 22.6 Å². The van der Waals surface area contributed by atoms with E-state index in [1.54, 1.807) is 4.90 Å². The SMILES string of the molecule is CC(C)(C)c1ccc(C=C2CCc3c2nc2ccccc2c3C(=O)OCC(=O)N2CCCC2)cc1. The molecule has 0 saturated carbocycles. The van der Waals surface area contributed by atoms with Crippen LogP contribution >= 0.6 is 0 Å². The molecule has 2 heterocycles. The number of likely N-dealkylation sites (tertiary alicyclic amines) is 1. The fourth-order valence-electron chi connectivity index (χ4n) is 5.05. The Kier molecular flexibility index (Phi) is 6.18. The fraction of sp³-hybridized carbons (Fsp3) is 0.367. The predicted octanol–water partition coefficient (Wildman–Crippen LogP) is 5.80. The molecule has 1 amide bonds. The highest BCUT2D eigenvalue weighted by molar-refractivity contribution is 6.07. The molecule has 0 atom stereocenters. The number of allylic oxidation sites excluding steroid dienone is 1. The smallest absolute Gasteiger partial charge is 0.339 e. The van der Waals surface area contributed by atoms with Crippen molar-refractivity contribution in [1.82, 2.24) is 9.88 Å². The molecule has 0 bridgehead atoms. The minimum Gasteiger partial charge on any atom is -0.452 e. The number of fused-ring (bicyclic) bond motifs is 2. The first-order chi connectivity index (χ1) is 16.8. The van der Waals surface area contributed by atoms with Crippen molar-refractivity contribution in [3.05, 3.63) is 76.5 Å². The number of aromatic nitrogens is 1. The second kappa shape index (κ2) is 9.29. The molecular weight excluding hydrogens is 436 g/mol. The molecule has 1 aliphatic carbocycles. The van der Waals surface area contributed by atoms with E-state index >= 15 is 0 Å². The highest BCUT2D eigenvalue weighted by Gasteiger charge is 2.28. The highest BCUT2D eigenvalue weighted by atomic mass is 16.5. The molecule has 5 rings (SSSR count). The second-order valence-corrected chi connectivity index (χ2v) is 10.5. The Bertz CT molecular complexity index is 1310. The zero-order valence-corrected chi connectivity index (χ0v) is 20.8. The summed E-state index contributed by atoms with van der Waals surface area (Å²) in [4.78, 5) is 32.5. The molecule has 0 radical (unpaired) electrons. The predicted molar refractivity (Wildman–Crippen MR) is 139 cm³/mol. The van der Waals surface area contributed by atoms with E-state index in [9.17, 15) is 9.59 Å². The van der Waals surface area contributed by atoms with Gasteiger partial charge in [0, 0.05) is 18.5 Å². The summed E-state index contributed by atoms with van der Waals surface area (Å²) in [6.07, 6.45) is 5.73. The number of ether oxygens (including phenoxy) is 1. The molecule has 2 aromatic carbocycles. The van der Waals surface area contributed by atoms with Gasteiger partial charge in [0.1, 0.15) is 0 Å². The van der Waals surface area contributed by atoms with E-state index in [0.717, 1.165) is 72.1 Å². The minimum atomic E-state index is -0.442. The monoisotopic (exact) mass is 468 g/mol. The number of para-hydroxylation sites is 1. The van der Waals surface area contributed by atoms with E-state index in [1.807, 2.05) is 24.3 Å². The molecule has 180 valence electrons. The third-order valence-corrected chi connectivity index (χ3v) is 7.05. The molecule has 0 N–H and O–H groups in total. The molecule has 5 heteroatoms. The summed E-state index contributed by atoms with van der Waals surface area (Å²) < 4.78 is 5.56. The van der Waals surface area contributed by atoms with Crippen LogP contribution in [-0.4, -0.2) is 41.5 Å². The van der Waals surface area contributed by atoms with Gasteiger partial charge in [0.25, 0.3) is 5.91 Å². The van der Waals surface area contributed by atoms with Gasteiger partial charge in [-0.3, -0.25) is 4.79 Å². The van der Waals surface area contributed by atoms with E-state index in [-0.39, 0.29) is 17.9 Å². The van der Waals surface area contributed by atoms with Crippen molar-refractivity contribution in [3.63, 3.8) is 0 Å². The van der Waals surface area contributed by atoms with Crippen LogP contribution in [0.4, 0.5) is 0 Å². The number of hydrogen-bond acceptors (Lipinski definition) is 4. The zero-order valence-electron chi connectivity index (χ0n) is 20.8. The number of carbonyl (C=O) groups is 2. The summed E-state index contributed by atoms with van der Waals surface area (Å²) >= 11 is 0. The molecule has 2 aliphatic rings. The lowest BCUT2D eigenvalue weighted by Gasteiger charge is -2.18. The van der Waals surface area contributed by atoms with Crippen LogP contribution in [0, 0.1) is 0 Å². The van der Waals surface area contributed by atoms with Crippen molar-refractivity contribution in [1.29, 1.82) is 0 Å². The molecule has 0 unspecified atom stereocenters. The zero-order chi connectivity index (χ0) is 24.6. The number of pyridine rings is 1. The van der Waals surface area contributed by atoms with Crippen molar-refractivity contribution < 1.29 is 14.3 Å². The Morgan fingerprint density at radius 1 is 1.00 bits per heavy atom. The fourth-order valence-corrected chi connectivity index (χ4v) is 5.05. The maximum atomic E-state index is 13.3. The lowest BCUT2D eigenvalue weighted by molar-refractivity contribution is -0.133. The molecule has 1 aliphatic heterocycles. The molecule has 1 aromatic heterocycles. The van der Waals surface area contributed by atoms with Crippen molar-refractivity contribution in [3.8, 4) is 0 Å². The first kappa shape index (κ1) is 23.3. The van der Waals surface area contributed by atoms with E-state index in [1.165, 1.54) is 5.56 Å². The van der Waals surface area contributed by atoms with Crippen LogP contribution in [0.15, 0.2) is 48.5 Å². The van der Waals surface area contributed by atoms with Gasteiger partial charge < -0.3 is 9.64 Å². The van der Waals surface area contributed by atoms with Gasteiger partial charge >= 0.3 is 5.97 Å². The third kappa shape index (κ3) is 4.72. The van der Waals surface area contributed by atoms with Gasteiger partial charge in [0.2, 0.25) is 0 Å². The number of amides is 1. The van der Waals surface area contributed by atoms with Crippen molar-refractivity contribution in [2.75, 3.05) is 19.7 Å². The lowest BCUT2D eigenvalue weighted by Crippen LogP contribution is -2.32. The van der Waals surface area contributed by atoms with Crippen LogP contribution in [0.1, 0.15) is 72.8 Å². The van der Waals surface area contributed by atoms with Gasteiger partial charge in [-0.2, -0.15) is 0 Å². The molecule has 1 fully saturated rings. The van der Waals surface area contributed by atoms with E-state index in [2.05, 4.69) is 51.1 Å². The quantitative estimate of drug-likeness (QED) is 0.454. The Balaban J connectivity index is 1.47. The van der Waals surface area contributed by atoms with Crippen LogP contribution in [0.3, 0.4) is 0 Å². The Morgan fingerprint density at radius 2 is 1.71 bits per heavy atom. The summed E-state index contributed by atoms with van der Waals surface area (Å²) in [5, 5.41) is 0.778. The highest BCUT2D eigenvalue weighted by Crippen LogP contribution is 2.38. The van der Waals surface area contributed by atoms with E-state index in [0.29, 0.717) is 5.56 Å². The van der Waals surface area contributed by atoms with Crippen LogP contribution in [-0.2, 0) is 21.4 Å². The van der Waals surface area contributed by atoms with Crippen LogP contribution in [0.5, 0.6) is 0 Å². The van der Waals surface area contributed by atoms with Crippen molar-refractivity contribution in [2.24, 2.45) is 0 Å². The number of esters is 1. The van der Waals surface area contributed by atoms with Gasteiger partial charge in [0.15, 0.2) is 6.61 Å². The van der Waals surface area contributed by atoms with Crippen molar-refractivity contribution >= 4 is 34.4 Å². The van der Waals surface area contributed by atoms with Gasteiger partial charge in [-0.1, -0.05) is 63.2 Å². The average Bonchev–Trinajstić information content (AvgIpc) is 3.51. The molecule has 5 nitrogen and oxygen atoms in total. The normalized spacial score (nSPS) is 16.7. The Hall–Kier alpha value is -3.47. The molecular formula is C30H32N2O3. The largest absolute Gasteiger partial charge is 0.452 e. The molecule has 0 spiro atoms. The number of nitrogens with zero attached hydrogens (tertiary/aromatic N) is 2. The summed E-state index contributed by atoms with van der Waals surface area (Å²) in [6.45, 7) is 7.91. The Morgan fingerprint density at radius 3 is 2.43 bits per heavy atom. The molecule has 3 aromatic rings. The average molecular weight is 469 g/mol. The molecule has 35 heavy (non-hydrogen) atoms. The summed E-state index contributed by atoms with van der Waals surface area (Å²) in [7, 11) is 0. The summed E-state index contributed by atoms with van der Waals surface area (Å²) in [5.41, 5.74) is 6.74. The summed E-state index contributed by atoms with van der Waals surface area (Å²) in [5.74, 6) is -0.562. The number of hydrogen-bond donors (Lipinski definition) is 0. The maximum Gasteiger partial charge on any atom is 0.339 e. The van der Waals surface area contributed by atoms with Gasteiger partial charge in [0.05, 0.1) is 16.8 Å². The minimum absolute atomic E-state index is 0.109.